The number of para-hydroxylation sites is 1. The van der Waals surface area contributed by atoms with Crippen LogP contribution >= 0.6 is 0 Å². The Kier molecular flexibility index (Phi) is 4.54. The summed E-state index contributed by atoms with van der Waals surface area (Å²) in [4.78, 5) is 47.0. The van der Waals surface area contributed by atoms with Crippen LogP contribution in [0.1, 0.15) is 11.3 Å². The van der Waals surface area contributed by atoms with Crippen molar-refractivity contribution in [2.45, 2.75) is 0 Å². The molecule has 0 fully saturated rings. The van der Waals surface area contributed by atoms with Crippen LogP contribution in [-0.4, -0.2) is 26.9 Å². The summed E-state index contributed by atoms with van der Waals surface area (Å²) >= 11 is 0. The highest BCUT2D eigenvalue weighted by Gasteiger charge is 2.20. The van der Waals surface area contributed by atoms with Gasteiger partial charge in [0, 0.05) is 11.6 Å². The molecule has 0 saturated heterocycles. The predicted octanol–water partition coefficient (Wildman–Crippen LogP) is 1.06. The highest BCUT2D eigenvalue weighted by Crippen LogP contribution is 2.31. The first-order valence-electron chi connectivity index (χ1n) is 6.35. The highest BCUT2D eigenvalue weighted by molar-refractivity contribution is 5.76. The van der Waals surface area contributed by atoms with Crippen LogP contribution in [0.3, 0.4) is 0 Å². The minimum absolute atomic E-state index is 0.0615. The van der Waals surface area contributed by atoms with E-state index in [9.17, 15) is 29.8 Å². The summed E-state index contributed by atoms with van der Waals surface area (Å²) in [5.74, 6) is -0.0615. The monoisotopic (exact) mass is 334 g/mol. The van der Waals surface area contributed by atoms with Crippen LogP contribution in [-0.2, 0) is 0 Å². The van der Waals surface area contributed by atoms with E-state index in [0.29, 0.717) is 0 Å². The smallest absolute Gasteiger partial charge is 0.357 e. The van der Waals surface area contributed by atoms with Gasteiger partial charge in [-0.05, 0) is 12.2 Å². The van der Waals surface area contributed by atoms with E-state index in [1.54, 1.807) is 4.98 Å². The summed E-state index contributed by atoms with van der Waals surface area (Å²) in [5.41, 5.74) is -3.33. The molecule has 0 radical (unpaired) electrons. The summed E-state index contributed by atoms with van der Waals surface area (Å²) in [6.45, 7) is 0. The molecule has 0 spiro atoms. The van der Waals surface area contributed by atoms with Gasteiger partial charge in [-0.3, -0.25) is 30.0 Å². The van der Waals surface area contributed by atoms with Crippen LogP contribution in [0.2, 0.25) is 0 Å². The Labute approximate surface area is 132 Å². The van der Waals surface area contributed by atoms with Gasteiger partial charge in [0.25, 0.3) is 0 Å². The molecule has 1 aromatic heterocycles. The van der Waals surface area contributed by atoms with E-state index in [4.69, 9.17) is 4.74 Å². The van der Waals surface area contributed by atoms with E-state index in [1.165, 1.54) is 31.4 Å². The molecule has 1 heterocycles. The molecule has 2 N–H and O–H groups in total. The lowest BCUT2D eigenvalue weighted by Gasteiger charge is -2.05. The van der Waals surface area contributed by atoms with Crippen LogP contribution < -0.4 is 16.0 Å². The van der Waals surface area contributed by atoms with Gasteiger partial charge in [0.1, 0.15) is 5.69 Å². The van der Waals surface area contributed by atoms with Crippen molar-refractivity contribution in [2.24, 2.45) is 0 Å². The molecule has 2 aromatic rings. The van der Waals surface area contributed by atoms with Crippen molar-refractivity contribution in [3.05, 3.63) is 70.5 Å². The predicted molar refractivity (Wildman–Crippen MR) is 82.9 cm³/mol. The van der Waals surface area contributed by atoms with Crippen molar-refractivity contribution in [2.75, 3.05) is 7.11 Å². The molecule has 0 aliphatic rings. The number of hydrogen-bond donors (Lipinski definition) is 2. The third-order valence-corrected chi connectivity index (χ3v) is 2.98. The molecule has 0 amide bonds. The number of nitro benzene ring substituents is 1. The van der Waals surface area contributed by atoms with Gasteiger partial charge in [-0.1, -0.05) is 12.1 Å². The van der Waals surface area contributed by atoms with Crippen LogP contribution in [0.5, 0.6) is 5.75 Å². The summed E-state index contributed by atoms with van der Waals surface area (Å²) in [5, 5.41) is 21.9. The summed E-state index contributed by atoms with van der Waals surface area (Å²) in [6.07, 6.45) is 2.35. The molecule has 24 heavy (non-hydrogen) atoms. The van der Waals surface area contributed by atoms with Gasteiger partial charge in [-0.25, -0.2) is 4.79 Å². The van der Waals surface area contributed by atoms with Gasteiger partial charge in [0.15, 0.2) is 0 Å². The molecule has 0 atom stereocenters. The van der Waals surface area contributed by atoms with Crippen LogP contribution in [0.15, 0.2) is 27.8 Å². The maximum absolute atomic E-state index is 11.5. The lowest BCUT2D eigenvalue weighted by Crippen LogP contribution is -2.25. The quantitative estimate of drug-likeness (QED) is 0.610. The third-order valence-electron chi connectivity index (χ3n) is 2.98. The fourth-order valence-electron chi connectivity index (χ4n) is 2.01. The van der Waals surface area contributed by atoms with Gasteiger partial charge in [-0.2, -0.15) is 0 Å². The molecule has 0 bridgehead atoms. The highest BCUT2D eigenvalue weighted by atomic mass is 16.6. The minimum Gasteiger partial charge on any atom is -0.490 e. The largest absolute Gasteiger partial charge is 0.490 e. The number of H-pyrrole nitrogens is 2. The van der Waals surface area contributed by atoms with Crippen LogP contribution in [0.4, 0.5) is 11.4 Å². The molecule has 1 aromatic carbocycles. The number of nitrogens with zero attached hydrogens (tertiary/aromatic N) is 2. The number of methoxy groups -OCH3 is 1. The number of nitrogens with one attached hydrogen (secondary N) is 2. The number of aromatic nitrogens is 2. The topological polar surface area (TPSA) is 161 Å². The summed E-state index contributed by atoms with van der Waals surface area (Å²) < 4.78 is 4.98. The molecule has 124 valence electrons. The molecular formula is C13H10N4O7. The maximum atomic E-state index is 11.5. The average molecular weight is 334 g/mol. The zero-order valence-electron chi connectivity index (χ0n) is 12.1. The van der Waals surface area contributed by atoms with Crippen molar-refractivity contribution in [3.8, 4) is 5.75 Å². The second-order valence-corrected chi connectivity index (χ2v) is 4.42. The molecule has 0 unspecified atom stereocenters. The first-order valence-corrected chi connectivity index (χ1v) is 6.35. The number of rotatable bonds is 5. The summed E-state index contributed by atoms with van der Waals surface area (Å²) in [6, 6.07) is 4.10. The molecule has 11 heteroatoms. The Morgan fingerprint density at radius 2 is 1.79 bits per heavy atom. The number of nitro groups is 2. The Balaban J connectivity index is 2.60. The average Bonchev–Trinajstić information content (AvgIpc) is 2.51. The second kappa shape index (κ2) is 6.56. The minimum atomic E-state index is -1.16. The second-order valence-electron chi connectivity index (χ2n) is 4.42. The van der Waals surface area contributed by atoms with Gasteiger partial charge in [0.2, 0.25) is 5.75 Å². The number of aromatic amines is 2. The van der Waals surface area contributed by atoms with Gasteiger partial charge < -0.3 is 9.72 Å². The van der Waals surface area contributed by atoms with Gasteiger partial charge >= 0.3 is 22.6 Å². The van der Waals surface area contributed by atoms with Crippen LogP contribution in [0.25, 0.3) is 12.2 Å². The lowest BCUT2D eigenvalue weighted by atomic mass is 10.1. The van der Waals surface area contributed by atoms with E-state index < -0.39 is 26.8 Å². The molecular weight excluding hydrogens is 324 g/mol. The normalized spacial score (nSPS) is 10.7. The molecule has 0 aliphatic carbocycles. The third kappa shape index (κ3) is 3.19. The summed E-state index contributed by atoms with van der Waals surface area (Å²) in [7, 11) is 1.23. The number of ether oxygens (including phenoxy) is 1. The van der Waals surface area contributed by atoms with E-state index in [0.717, 1.165) is 6.08 Å². The first kappa shape index (κ1) is 16.6. The van der Waals surface area contributed by atoms with E-state index in [1.807, 2.05) is 0 Å². The van der Waals surface area contributed by atoms with Gasteiger partial charge in [0.05, 0.1) is 17.0 Å². The van der Waals surface area contributed by atoms with Crippen molar-refractivity contribution < 1.29 is 14.6 Å². The van der Waals surface area contributed by atoms with Crippen molar-refractivity contribution >= 4 is 23.5 Å². The first-order chi connectivity index (χ1) is 11.3. The van der Waals surface area contributed by atoms with Crippen molar-refractivity contribution in [1.82, 2.24) is 9.97 Å². The maximum Gasteiger partial charge on any atom is 0.357 e. The Morgan fingerprint density at radius 1 is 1.08 bits per heavy atom. The fraction of sp³-hybridized carbons (Fsp3) is 0.0769. The zero-order chi connectivity index (χ0) is 17.9. The Morgan fingerprint density at radius 3 is 2.38 bits per heavy atom. The van der Waals surface area contributed by atoms with E-state index in [2.05, 4.69) is 4.98 Å². The van der Waals surface area contributed by atoms with E-state index >= 15 is 0 Å². The van der Waals surface area contributed by atoms with Gasteiger partial charge in [-0.15, -0.1) is 0 Å². The SMILES string of the molecule is COc1c(C=Cc2[nH]c(=O)[nH]c(=O)c2[N+](=O)[O-])cccc1[N+](=O)[O-]. The standard InChI is InChI=1S/C13H10N4O7/c1-24-11-7(3-2-4-9(11)16(20)21)5-6-8-10(17(22)23)12(18)15-13(19)14-8/h2-6H,1H3,(H2,14,15,18,19). The fourth-order valence-corrected chi connectivity index (χ4v) is 2.01. The van der Waals surface area contributed by atoms with Crippen molar-refractivity contribution in [3.63, 3.8) is 0 Å². The number of hydrogen-bond acceptors (Lipinski definition) is 7. The van der Waals surface area contributed by atoms with Crippen LogP contribution in [0, 0.1) is 20.2 Å². The lowest BCUT2D eigenvalue weighted by molar-refractivity contribution is -0.386. The Hall–Kier alpha value is -3.76. The molecule has 0 saturated carbocycles. The molecule has 0 aliphatic heterocycles. The number of benzene rings is 1. The zero-order valence-corrected chi connectivity index (χ0v) is 12.1. The van der Waals surface area contributed by atoms with E-state index in [-0.39, 0.29) is 22.7 Å². The molecule has 2 rings (SSSR count). The van der Waals surface area contributed by atoms with Crippen molar-refractivity contribution in [1.29, 1.82) is 0 Å². The Bertz CT molecular complexity index is 958. The molecule has 11 nitrogen and oxygen atoms in total.